The fourth-order valence-electron chi connectivity index (χ4n) is 3.70. The first-order valence-corrected chi connectivity index (χ1v) is 11.1. The Balaban J connectivity index is 2.02. The number of nitrogens with one attached hydrogen (secondary N) is 2. The van der Waals surface area contributed by atoms with Crippen molar-refractivity contribution in [2.75, 3.05) is 13.7 Å². The van der Waals surface area contributed by atoms with Gasteiger partial charge < -0.3 is 24.8 Å². The van der Waals surface area contributed by atoms with Crippen molar-refractivity contribution in [3.8, 4) is 11.5 Å². The van der Waals surface area contributed by atoms with Crippen LogP contribution in [0.15, 0.2) is 47.7 Å². The molecule has 1 aliphatic heterocycles. The molecule has 0 saturated carbocycles. The van der Waals surface area contributed by atoms with Crippen LogP contribution >= 0.6 is 0 Å². The molecule has 1 heterocycles. The Morgan fingerprint density at radius 3 is 2.57 bits per heavy atom. The van der Waals surface area contributed by atoms with E-state index >= 15 is 0 Å². The fraction of sp³-hybridized carbons (Fsp3) is 0.360. The van der Waals surface area contributed by atoms with E-state index in [1.165, 1.54) is 19.2 Å². The van der Waals surface area contributed by atoms with Crippen molar-refractivity contribution in [1.82, 2.24) is 10.6 Å². The van der Waals surface area contributed by atoms with E-state index in [4.69, 9.17) is 14.2 Å². The number of rotatable bonds is 9. The first-order valence-electron chi connectivity index (χ1n) is 11.1. The standard InChI is InChI=1S/C25H29N3O7/c1-14(2)12-35-24(29)21-16(4)26-25(30)27-22(21)18-10-19(28(31)32)23(20(11-18)33-5)34-13-17-8-6-7-15(3)9-17/h6-11,14,22H,12-13H2,1-5H3,(H2,26,27,30). The van der Waals surface area contributed by atoms with Crippen molar-refractivity contribution in [1.29, 1.82) is 0 Å². The molecule has 2 aromatic rings. The minimum Gasteiger partial charge on any atom is -0.493 e. The number of nitrogens with zero attached hydrogens (tertiary/aromatic N) is 1. The summed E-state index contributed by atoms with van der Waals surface area (Å²) >= 11 is 0. The summed E-state index contributed by atoms with van der Waals surface area (Å²) in [5, 5.41) is 17.2. The third-order valence-corrected chi connectivity index (χ3v) is 5.31. The van der Waals surface area contributed by atoms with Crippen LogP contribution in [0, 0.1) is 23.0 Å². The molecule has 35 heavy (non-hydrogen) atoms. The maximum Gasteiger partial charge on any atom is 0.338 e. The highest BCUT2D eigenvalue weighted by molar-refractivity contribution is 5.95. The van der Waals surface area contributed by atoms with E-state index in [2.05, 4.69) is 10.6 Å². The Morgan fingerprint density at radius 2 is 1.94 bits per heavy atom. The Labute approximate surface area is 203 Å². The van der Waals surface area contributed by atoms with Crippen molar-refractivity contribution in [3.63, 3.8) is 0 Å². The van der Waals surface area contributed by atoms with Crippen molar-refractivity contribution in [2.45, 2.75) is 40.3 Å². The molecule has 186 valence electrons. The highest BCUT2D eigenvalue weighted by Gasteiger charge is 2.35. The molecular weight excluding hydrogens is 454 g/mol. The van der Waals surface area contributed by atoms with Crippen molar-refractivity contribution in [2.24, 2.45) is 5.92 Å². The van der Waals surface area contributed by atoms with E-state index in [9.17, 15) is 19.7 Å². The van der Waals surface area contributed by atoms with Gasteiger partial charge in [-0.25, -0.2) is 9.59 Å². The van der Waals surface area contributed by atoms with Crippen LogP contribution in [-0.2, 0) is 16.1 Å². The number of allylic oxidation sites excluding steroid dienone is 1. The first kappa shape index (κ1) is 25.5. The van der Waals surface area contributed by atoms with Crippen molar-refractivity contribution in [3.05, 3.63) is 74.5 Å². The highest BCUT2D eigenvalue weighted by Crippen LogP contribution is 2.42. The predicted octanol–water partition coefficient (Wildman–Crippen LogP) is 4.32. The molecule has 2 aromatic carbocycles. The van der Waals surface area contributed by atoms with Gasteiger partial charge in [-0.3, -0.25) is 10.1 Å². The van der Waals surface area contributed by atoms with Crippen LogP contribution < -0.4 is 20.1 Å². The highest BCUT2D eigenvalue weighted by atomic mass is 16.6. The minimum absolute atomic E-state index is 0.0485. The van der Waals surface area contributed by atoms with E-state index < -0.39 is 23.0 Å². The largest absolute Gasteiger partial charge is 0.493 e. The number of amides is 2. The van der Waals surface area contributed by atoms with Gasteiger partial charge in [0.05, 0.1) is 30.3 Å². The van der Waals surface area contributed by atoms with Crippen LogP contribution in [-0.4, -0.2) is 30.6 Å². The Bertz CT molecular complexity index is 1170. The number of esters is 1. The number of nitro groups is 1. The van der Waals surface area contributed by atoms with Crippen LogP contribution in [0.25, 0.3) is 0 Å². The number of benzene rings is 2. The second-order valence-electron chi connectivity index (χ2n) is 8.67. The molecule has 0 saturated heterocycles. The van der Waals surface area contributed by atoms with E-state index in [0.717, 1.165) is 11.1 Å². The van der Waals surface area contributed by atoms with Crippen LogP contribution in [0.5, 0.6) is 11.5 Å². The lowest BCUT2D eigenvalue weighted by molar-refractivity contribution is -0.386. The topological polar surface area (TPSA) is 129 Å². The first-order chi connectivity index (χ1) is 16.6. The fourth-order valence-corrected chi connectivity index (χ4v) is 3.70. The normalized spacial score (nSPS) is 15.4. The summed E-state index contributed by atoms with van der Waals surface area (Å²) in [6, 6.07) is 8.83. The van der Waals surface area contributed by atoms with Crippen LogP contribution in [0.3, 0.4) is 0 Å². The lowest BCUT2D eigenvalue weighted by atomic mass is 9.94. The summed E-state index contributed by atoms with van der Waals surface area (Å²) < 4.78 is 16.6. The van der Waals surface area contributed by atoms with Gasteiger partial charge in [-0.1, -0.05) is 43.7 Å². The summed E-state index contributed by atoms with van der Waals surface area (Å²) in [6.45, 7) is 7.59. The molecule has 1 aliphatic rings. The van der Waals surface area contributed by atoms with Gasteiger partial charge in [0.2, 0.25) is 5.75 Å². The molecule has 0 spiro atoms. The van der Waals surface area contributed by atoms with Crippen LogP contribution in [0.2, 0.25) is 0 Å². The second-order valence-corrected chi connectivity index (χ2v) is 8.67. The summed E-state index contributed by atoms with van der Waals surface area (Å²) in [5.74, 6) is -0.472. The number of ether oxygens (including phenoxy) is 3. The number of aryl methyl sites for hydroxylation is 1. The number of carbonyl (C=O) groups excluding carboxylic acids is 2. The molecule has 0 aliphatic carbocycles. The van der Waals surface area contributed by atoms with Gasteiger partial charge in [-0.15, -0.1) is 0 Å². The third kappa shape index (κ3) is 6.08. The Hall–Kier alpha value is -4.08. The third-order valence-electron chi connectivity index (χ3n) is 5.31. The quantitative estimate of drug-likeness (QED) is 0.309. The van der Waals surface area contributed by atoms with Gasteiger partial charge in [-0.2, -0.15) is 0 Å². The Morgan fingerprint density at radius 1 is 1.20 bits per heavy atom. The van der Waals surface area contributed by atoms with Gasteiger partial charge in [0.15, 0.2) is 5.75 Å². The number of urea groups is 1. The second kappa shape index (κ2) is 10.9. The van der Waals surface area contributed by atoms with E-state index in [1.807, 2.05) is 45.0 Å². The maximum absolute atomic E-state index is 12.9. The molecule has 3 rings (SSSR count). The van der Waals surface area contributed by atoms with Crippen LogP contribution in [0.4, 0.5) is 10.5 Å². The number of carbonyl (C=O) groups is 2. The van der Waals surface area contributed by atoms with Gasteiger partial charge in [0.25, 0.3) is 0 Å². The summed E-state index contributed by atoms with van der Waals surface area (Å²) in [4.78, 5) is 36.5. The molecule has 2 amide bonds. The van der Waals surface area contributed by atoms with Gasteiger partial charge >= 0.3 is 17.7 Å². The number of nitro benzene ring substituents is 1. The maximum atomic E-state index is 12.9. The summed E-state index contributed by atoms with van der Waals surface area (Å²) in [7, 11) is 1.36. The van der Waals surface area contributed by atoms with E-state index in [1.54, 1.807) is 6.92 Å². The van der Waals surface area contributed by atoms with E-state index in [-0.39, 0.29) is 47.5 Å². The van der Waals surface area contributed by atoms with Crippen molar-refractivity contribution < 1.29 is 28.7 Å². The smallest absolute Gasteiger partial charge is 0.338 e. The lowest BCUT2D eigenvalue weighted by Gasteiger charge is -2.28. The number of methoxy groups -OCH3 is 1. The molecule has 10 nitrogen and oxygen atoms in total. The van der Waals surface area contributed by atoms with Gasteiger partial charge in [0.1, 0.15) is 6.61 Å². The predicted molar refractivity (Wildman–Crippen MR) is 128 cm³/mol. The van der Waals surface area contributed by atoms with Gasteiger partial charge in [-0.05, 0) is 37.0 Å². The SMILES string of the molecule is COc1cc(C2NC(=O)NC(C)=C2C(=O)OCC(C)C)cc([N+](=O)[O-])c1OCc1cccc(C)c1. The number of hydrogen-bond acceptors (Lipinski definition) is 7. The zero-order valence-corrected chi connectivity index (χ0v) is 20.3. The number of hydrogen-bond donors (Lipinski definition) is 2. The molecule has 0 bridgehead atoms. The van der Waals surface area contributed by atoms with E-state index in [0.29, 0.717) is 5.70 Å². The Kier molecular flexibility index (Phi) is 7.95. The molecule has 0 radical (unpaired) electrons. The molecule has 1 atom stereocenters. The van der Waals surface area contributed by atoms with Crippen LogP contribution in [0.1, 0.15) is 43.5 Å². The summed E-state index contributed by atoms with van der Waals surface area (Å²) in [5.41, 5.74) is 2.24. The molecule has 0 aromatic heterocycles. The van der Waals surface area contributed by atoms with Crippen molar-refractivity contribution >= 4 is 17.7 Å². The molecule has 0 fully saturated rings. The monoisotopic (exact) mass is 483 g/mol. The molecular formula is C25H29N3O7. The summed E-state index contributed by atoms with van der Waals surface area (Å²) in [6.07, 6.45) is 0. The average Bonchev–Trinajstić information content (AvgIpc) is 2.80. The molecule has 2 N–H and O–H groups in total. The minimum atomic E-state index is -0.984. The average molecular weight is 484 g/mol. The molecule has 1 unspecified atom stereocenters. The molecule has 10 heteroatoms. The zero-order valence-electron chi connectivity index (χ0n) is 20.3. The zero-order chi connectivity index (χ0) is 25.7. The lowest BCUT2D eigenvalue weighted by Crippen LogP contribution is -2.45. The van der Waals surface area contributed by atoms with Gasteiger partial charge in [0, 0.05) is 11.8 Å².